The summed E-state index contributed by atoms with van der Waals surface area (Å²) in [6.45, 7) is 2.58. The Hall–Kier alpha value is -3.18. The number of furan rings is 1. The van der Waals surface area contributed by atoms with Gasteiger partial charge in [-0.15, -0.1) is 16.4 Å². The predicted molar refractivity (Wildman–Crippen MR) is 110 cm³/mol. The second-order valence-corrected chi connectivity index (χ2v) is 6.92. The van der Waals surface area contributed by atoms with Crippen LogP contribution in [0.4, 0.5) is 0 Å². The second-order valence-electron chi connectivity index (χ2n) is 6.09. The van der Waals surface area contributed by atoms with Crippen LogP contribution in [-0.4, -0.2) is 10.3 Å². The molecule has 0 amide bonds. The Balaban J connectivity index is 1.77. The molecule has 0 aliphatic carbocycles. The van der Waals surface area contributed by atoms with Gasteiger partial charge in [0.1, 0.15) is 5.76 Å². The van der Waals surface area contributed by atoms with Gasteiger partial charge in [-0.2, -0.15) is 5.10 Å². The number of nitrogens with zero attached hydrogens (tertiary/aromatic N) is 3. The van der Waals surface area contributed by atoms with Crippen LogP contribution in [0.2, 0.25) is 0 Å². The van der Waals surface area contributed by atoms with Crippen molar-refractivity contribution in [2.24, 2.45) is 10.2 Å². The summed E-state index contributed by atoms with van der Waals surface area (Å²) in [4.78, 5) is 0.834. The first-order valence-corrected chi connectivity index (χ1v) is 9.59. The molecule has 0 fully saturated rings. The van der Waals surface area contributed by atoms with E-state index in [9.17, 15) is 0 Å². The van der Waals surface area contributed by atoms with Crippen LogP contribution in [0.5, 0.6) is 0 Å². The van der Waals surface area contributed by atoms with Gasteiger partial charge in [-0.3, -0.25) is 0 Å². The van der Waals surface area contributed by atoms with E-state index in [2.05, 4.69) is 32.3 Å². The van der Waals surface area contributed by atoms with E-state index in [4.69, 9.17) is 4.42 Å². The Morgan fingerprint density at radius 2 is 1.70 bits per heavy atom. The molecule has 4 aromatic rings. The SMILES string of the molecule is CC(=NN=c1scc(-c2ccccc2)n1Cc1ccco1)c1ccccc1. The van der Waals surface area contributed by atoms with Crippen LogP contribution in [0, 0.1) is 0 Å². The molecule has 134 valence electrons. The molecule has 0 bridgehead atoms. The summed E-state index contributed by atoms with van der Waals surface area (Å²) in [6.07, 6.45) is 1.69. The molecular weight excluding hydrogens is 354 g/mol. The minimum atomic E-state index is 0.611. The van der Waals surface area contributed by atoms with Gasteiger partial charge in [0.15, 0.2) is 0 Å². The van der Waals surface area contributed by atoms with E-state index in [0.29, 0.717) is 6.54 Å². The third kappa shape index (κ3) is 3.99. The monoisotopic (exact) mass is 373 g/mol. The first-order valence-electron chi connectivity index (χ1n) is 8.71. The molecule has 0 aliphatic heterocycles. The summed E-state index contributed by atoms with van der Waals surface area (Å²) < 4.78 is 7.69. The largest absolute Gasteiger partial charge is 0.467 e. The molecule has 0 unspecified atom stereocenters. The molecule has 4 rings (SSSR count). The molecule has 0 N–H and O–H groups in total. The third-order valence-corrected chi connectivity index (χ3v) is 5.09. The number of hydrogen-bond donors (Lipinski definition) is 0. The van der Waals surface area contributed by atoms with E-state index in [0.717, 1.165) is 33.1 Å². The molecular formula is C22H19N3OS. The average molecular weight is 373 g/mol. The van der Waals surface area contributed by atoms with Gasteiger partial charge >= 0.3 is 0 Å². The van der Waals surface area contributed by atoms with Crippen molar-refractivity contribution in [2.45, 2.75) is 13.5 Å². The van der Waals surface area contributed by atoms with Crippen LogP contribution in [-0.2, 0) is 6.54 Å². The molecule has 0 aliphatic rings. The molecule has 0 atom stereocenters. The fourth-order valence-electron chi connectivity index (χ4n) is 2.82. The summed E-state index contributed by atoms with van der Waals surface area (Å²) in [5.41, 5.74) is 4.20. The van der Waals surface area contributed by atoms with Crippen LogP contribution >= 0.6 is 11.3 Å². The van der Waals surface area contributed by atoms with Crippen molar-refractivity contribution in [1.29, 1.82) is 0 Å². The van der Waals surface area contributed by atoms with Gasteiger partial charge in [-0.05, 0) is 30.2 Å². The summed E-state index contributed by atoms with van der Waals surface area (Å²) in [5, 5.41) is 11.1. The predicted octanol–water partition coefficient (Wildman–Crippen LogP) is 5.18. The maximum atomic E-state index is 5.55. The molecule has 5 heteroatoms. The summed E-state index contributed by atoms with van der Waals surface area (Å²) in [5.74, 6) is 0.885. The Bertz CT molecular complexity index is 1090. The Kier molecular flexibility index (Phi) is 5.12. The third-order valence-electron chi connectivity index (χ3n) is 4.24. The summed E-state index contributed by atoms with van der Waals surface area (Å²) in [7, 11) is 0. The van der Waals surface area contributed by atoms with Gasteiger partial charge in [-0.1, -0.05) is 60.7 Å². The molecule has 2 aromatic heterocycles. The Morgan fingerprint density at radius 3 is 2.41 bits per heavy atom. The highest BCUT2D eigenvalue weighted by molar-refractivity contribution is 7.07. The van der Waals surface area contributed by atoms with E-state index < -0.39 is 0 Å². The number of rotatable bonds is 5. The fraction of sp³-hybridized carbons (Fsp3) is 0.0909. The van der Waals surface area contributed by atoms with Crippen LogP contribution in [0.25, 0.3) is 11.3 Å². The van der Waals surface area contributed by atoms with Crippen molar-refractivity contribution in [1.82, 2.24) is 4.57 Å². The molecule has 0 radical (unpaired) electrons. The quantitative estimate of drug-likeness (QED) is 0.351. The van der Waals surface area contributed by atoms with Crippen molar-refractivity contribution < 1.29 is 4.42 Å². The van der Waals surface area contributed by atoms with Crippen LogP contribution in [0.15, 0.2) is 99.1 Å². The van der Waals surface area contributed by atoms with Gasteiger partial charge in [0.2, 0.25) is 4.80 Å². The lowest BCUT2D eigenvalue weighted by atomic mass is 10.1. The highest BCUT2D eigenvalue weighted by Gasteiger charge is 2.10. The van der Waals surface area contributed by atoms with Gasteiger partial charge < -0.3 is 8.98 Å². The minimum Gasteiger partial charge on any atom is -0.467 e. The summed E-state index contributed by atoms with van der Waals surface area (Å²) >= 11 is 1.58. The topological polar surface area (TPSA) is 42.8 Å². The summed E-state index contributed by atoms with van der Waals surface area (Å²) in [6, 6.07) is 24.3. The second kappa shape index (κ2) is 8.01. The van der Waals surface area contributed by atoms with Crippen molar-refractivity contribution in [3.8, 4) is 11.3 Å². The molecule has 4 nitrogen and oxygen atoms in total. The van der Waals surface area contributed by atoms with E-state index in [1.54, 1.807) is 17.6 Å². The van der Waals surface area contributed by atoms with E-state index in [1.165, 1.54) is 0 Å². The van der Waals surface area contributed by atoms with Crippen LogP contribution in [0.3, 0.4) is 0 Å². The van der Waals surface area contributed by atoms with Crippen molar-refractivity contribution in [3.05, 3.63) is 101 Å². The lowest BCUT2D eigenvalue weighted by molar-refractivity contribution is 0.491. The molecule has 0 saturated carbocycles. The standard InChI is InChI=1S/C22H19N3OS/c1-17(18-9-4-2-5-10-18)23-24-22-25(15-20-13-8-14-26-20)21(16-27-22)19-11-6-3-7-12-19/h2-14,16H,15H2,1H3. The maximum Gasteiger partial charge on any atom is 0.211 e. The van der Waals surface area contributed by atoms with Gasteiger partial charge in [0.05, 0.1) is 24.2 Å². The smallest absolute Gasteiger partial charge is 0.211 e. The molecule has 2 heterocycles. The Labute approximate surface area is 161 Å². The molecule has 0 saturated heterocycles. The fourth-order valence-corrected chi connectivity index (χ4v) is 3.67. The maximum absolute atomic E-state index is 5.55. The number of hydrogen-bond acceptors (Lipinski definition) is 4. The van der Waals surface area contributed by atoms with Gasteiger partial charge in [0.25, 0.3) is 0 Å². The Morgan fingerprint density at radius 1 is 0.963 bits per heavy atom. The van der Waals surface area contributed by atoms with E-state index in [1.807, 2.05) is 67.6 Å². The average Bonchev–Trinajstić information content (AvgIpc) is 3.38. The van der Waals surface area contributed by atoms with Crippen molar-refractivity contribution in [3.63, 3.8) is 0 Å². The van der Waals surface area contributed by atoms with E-state index in [-0.39, 0.29) is 0 Å². The molecule has 2 aromatic carbocycles. The van der Waals surface area contributed by atoms with Crippen LogP contribution < -0.4 is 4.80 Å². The van der Waals surface area contributed by atoms with E-state index >= 15 is 0 Å². The van der Waals surface area contributed by atoms with Crippen LogP contribution in [0.1, 0.15) is 18.2 Å². The first-order chi connectivity index (χ1) is 13.3. The van der Waals surface area contributed by atoms with Gasteiger partial charge in [0, 0.05) is 5.38 Å². The highest BCUT2D eigenvalue weighted by Crippen LogP contribution is 2.21. The zero-order valence-corrected chi connectivity index (χ0v) is 15.8. The lowest BCUT2D eigenvalue weighted by Gasteiger charge is -2.07. The zero-order chi connectivity index (χ0) is 18.5. The normalized spacial score (nSPS) is 12.5. The lowest BCUT2D eigenvalue weighted by Crippen LogP contribution is -2.16. The number of thiazole rings is 1. The number of aromatic nitrogens is 1. The van der Waals surface area contributed by atoms with Crippen molar-refractivity contribution >= 4 is 17.0 Å². The minimum absolute atomic E-state index is 0.611. The zero-order valence-electron chi connectivity index (χ0n) is 14.9. The van der Waals surface area contributed by atoms with Gasteiger partial charge in [-0.25, -0.2) is 0 Å². The highest BCUT2D eigenvalue weighted by atomic mass is 32.1. The van der Waals surface area contributed by atoms with Crippen molar-refractivity contribution in [2.75, 3.05) is 0 Å². The molecule has 0 spiro atoms. The first kappa shape index (κ1) is 17.2. The number of benzene rings is 2. The molecule has 27 heavy (non-hydrogen) atoms.